The van der Waals surface area contributed by atoms with E-state index in [9.17, 15) is 4.79 Å². The monoisotopic (exact) mass is 452 g/mol. The number of allylic oxidation sites excluding steroid dienone is 7. The lowest BCUT2D eigenvalue weighted by Crippen LogP contribution is -2.24. The first kappa shape index (κ1) is 24.2. The van der Waals surface area contributed by atoms with Gasteiger partial charge >= 0.3 is 0 Å². The molecule has 0 spiro atoms. The second-order valence-electron chi connectivity index (χ2n) is 10.4. The Bertz CT molecular complexity index is 1100. The third-order valence-electron chi connectivity index (χ3n) is 7.80. The van der Waals surface area contributed by atoms with E-state index >= 15 is 0 Å². The van der Waals surface area contributed by atoms with Gasteiger partial charge in [-0.15, -0.1) is 0 Å². The van der Waals surface area contributed by atoms with Crippen molar-refractivity contribution >= 4 is 5.78 Å². The van der Waals surface area contributed by atoms with Gasteiger partial charge in [-0.3, -0.25) is 4.79 Å². The predicted molar refractivity (Wildman–Crippen MR) is 146 cm³/mol. The molecule has 2 aromatic rings. The quantitative estimate of drug-likeness (QED) is 0.428. The highest BCUT2D eigenvalue weighted by Gasteiger charge is 2.30. The molecule has 1 fully saturated rings. The first-order valence-corrected chi connectivity index (χ1v) is 12.8. The Morgan fingerprint density at radius 1 is 1.03 bits per heavy atom. The topological polar surface area (TPSA) is 17.1 Å². The molecule has 4 rings (SSSR count). The summed E-state index contributed by atoms with van der Waals surface area (Å²) in [5.41, 5.74) is 7.30. The Morgan fingerprint density at radius 2 is 1.71 bits per heavy atom. The van der Waals surface area contributed by atoms with Crippen molar-refractivity contribution in [3.05, 3.63) is 119 Å². The molecule has 0 N–H and O–H groups in total. The minimum Gasteiger partial charge on any atom is -0.294 e. The SMILES string of the molecule is C=C1/C(=C\C=C(/C)Cc2ccc(C3CCC(C)CC3)cc2)C=CC(=O)C1[C@H](C)c1ccccc1.[HH]. The number of carbonyl (C=O) groups is 1. The molecule has 1 unspecified atom stereocenters. The summed E-state index contributed by atoms with van der Waals surface area (Å²) in [6.45, 7) is 11.0. The van der Waals surface area contributed by atoms with Crippen LogP contribution in [0.15, 0.2) is 102 Å². The standard InChI is InChI=1S/C33H38O.H2/c1-23-10-16-30(17-11-23)31-18-13-27(14-19-31)22-24(2)12-15-29-20-21-32(34)33(26(29)4)25(3)28-8-6-5-7-9-28;/h5-9,12-15,18-21,23,25,30,33H,4,10-11,16-17,22H2,1-3H3;1H/b24-12+,29-15-;/t23?,25-,30?,33?;/m1./s1. The van der Waals surface area contributed by atoms with Crippen LogP contribution in [0, 0.1) is 11.8 Å². The number of ketones is 1. The van der Waals surface area contributed by atoms with E-state index in [1.165, 1.54) is 47.9 Å². The van der Waals surface area contributed by atoms with Gasteiger partial charge in [0.15, 0.2) is 5.78 Å². The van der Waals surface area contributed by atoms with E-state index in [0.717, 1.165) is 29.4 Å². The first-order chi connectivity index (χ1) is 16.4. The molecule has 1 heteroatoms. The minimum atomic E-state index is -0.206. The maximum Gasteiger partial charge on any atom is 0.163 e. The highest BCUT2D eigenvalue weighted by molar-refractivity contribution is 5.98. The zero-order chi connectivity index (χ0) is 24.1. The summed E-state index contributed by atoms with van der Waals surface area (Å²) in [6, 6.07) is 19.5. The molecule has 2 aliphatic rings. The van der Waals surface area contributed by atoms with Crippen LogP contribution < -0.4 is 0 Å². The lowest BCUT2D eigenvalue weighted by molar-refractivity contribution is -0.117. The number of carbonyl (C=O) groups excluding carboxylic acids is 1. The van der Waals surface area contributed by atoms with Gasteiger partial charge in [-0.1, -0.05) is 112 Å². The molecule has 1 nitrogen and oxygen atoms in total. The van der Waals surface area contributed by atoms with Crippen LogP contribution >= 0.6 is 0 Å². The summed E-state index contributed by atoms with van der Waals surface area (Å²) in [7, 11) is 0. The number of hydrogen-bond acceptors (Lipinski definition) is 1. The maximum absolute atomic E-state index is 12.7. The fraction of sp³-hybridized carbons (Fsp3) is 0.364. The molecule has 2 aromatic carbocycles. The molecule has 0 aliphatic heterocycles. The highest BCUT2D eigenvalue weighted by Crippen LogP contribution is 2.37. The number of hydrogen-bond donors (Lipinski definition) is 0. The maximum atomic E-state index is 12.7. The van der Waals surface area contributed by atoms with Gasteiger partial charge in [0.05, 0.1) is 5.92 Å². The van der Waals surface area contributed by atoms with Crippen molar-refractivity contribution in [1.82, 2.24) is 0 Å². The third-order valence-corrected chi connectivity index (χ3v) is 7.80. The Morgan fingerprint density at radius 3 is 2.38 bits per heavy atom. The number of rotatable bonds is 6. The summed E-state index contributed by atoms with van der Waals surface area (Å²) in [5, 5.41) is 0. The molecule has 0 radical (unpaired) electrons. The second kappa shape index (κ2) is 11.0. The van der Waals surface area contributed by atoms with E-state index in [1.54, 1.807) is 6.08 Å². The Kier molecular flexibility index (Phi) is 7.83. The van der Waals surface area contributed by atoms with Crippen LogP contribution in [0.1, 0.15) is 76.4 Å². The fourth-order valence-electron chi connectivity index (χ4n) is 5.51. The smallest absolute Gasteiger partial charge is 0.163 e. The molecule has 0 bridgehead atoms. The van der Waals surface area contributed by atoms with Crippen molar-refractivity contribution in [3.63, 3.8) is 0 Å². The second-order valence-corrected chi connectivity index (χ2v) is 10.4. The van der Waals surface area contributed by atoms with Gasteiger partial charge < -0.3 is 0 Å². The number of benzene rings is 2. The zero-order valence-corrected chi connectivity index (χ0v) is 21.0. The van der Waals surface area contributed by atoms with E-state index in [0.29, 0.717) is 0 Å². The van der Waals surface area contributed by atoms with Crippen LogP contribution in [0.25, 0.3) is 0 Å². The Hall–Kier alpha value is -2.93. The van der Waals surface area contributed by atoms with Crippen LogP contribution in [0.3, 0.4) is 0 Å². The van der Waals surface area contributed by atoms with Gasteiger partial charge in [0.25, 0.3) is 0 Å². The van der Waals surface area contributed by atoms with Gasteiger partial charge in [-0.25, -0.2) is 0 Å². The van der Waals surface area contributed by atoms with Crippen LogP contribution in [0.2, 0.25) is 0 Å². The Labute approximate surface area is 207 Å². The van der Waals surface area contributed by atoms with Crippen molar-refractivity contribution in [2.45, 2.75) is 64.7 Å². The average molecular weight is 453 g/mol. The molecule has 2 atom stereocenters. The minimum absolute atomic E-state index is 0. The van der Waals surface area contributed by atoms with Gasteiger partial charge in [-0.2, -0.15) is 0 Å². The van der Waals surface area contributed by atoms with Gasteiger partial charge in [0, 0.05) is 1.43 Å². The average Bonchev–Trinajstić information content (AvgIpc) is 2.85. The van der Waals surface area contributed by atoms with Crippen LogP contribution in [0.4, 0.5) is 0 Å². The van der Waals surface area contributed by atoms with Crippen molar-refractivity contribution in [2.24, 2.45) is 11.8 Å². The van der Waals surface area contributed by atoms with E-state index in [4.69, 9.17) is 0 Å². The summed E-state index contributed by atoms with van der Waals surface area (Å²) >= 11 is 0. The van der Waals surface area contributed by atoms with E-state index in [2.05, 4.69) is 75.9 Å². The lowest BCUT2D eigenvalue weighted by Gasteiger charge is -2.27. The molecule has 2 aliphatic carbocycles. The van der Waals surface area contributed by atoms with Gasteiger partial charge in [-0.05, 0) is 77.9 Å². The fourth-order valence-corrected chi connectivity index (χ4v) is 5.51. The van der Waals surface area contributed by atoms with E-state index in [1.807, 2.05) is 24.3 Å². The normalized spacial score (nSPS) is 25.6. The molecule has 0 heterocycles. The predicted octanol–water partition coefficient (Wildman–Crippen LogP) is 8.76. The summed E-state index contributed by atoms with van der Waals surface area (Å²) < 4.78 is 0. The van der Waals surface area contributed by atoms with Crippen molar-refractivity contribution < 1.29 is 6.22 Å². The molecular weight excluding hydrogens is 412 g/mol. The molecular formula is C33H40O. The van der Waals surface area contributed by atoms with Crippen molar-refractivity contribution in [3.8, 4) is 0 Å². The summed E-state index contributed by atoms with van der Waals surface area (Å²) in [4.78, 5) is 12.7. The van der Waals surface area contributed by atoms with Crippen LogP contribution in [-0.2, 0) is 11.2 Å². The summed E-state index contributed by atoms with van der Waals surface area (Å²) in [6.07, 6.45) is 14.3. The largest absolute Gasteiger partial charge is 0.294 e. The molecule has 34 heavy (non-hydrogen) atoms. The zero-order valence-electron chi connectivity index (χ0n) is 21.0. The van der Waals surface area contributed by atoms with Gasteiger partial charge in [0.1, 0.15) is 0 Å². The lowest BCUT2D eigenvalue weighted by atomic mass is 9.75. The summed E-state index contributed by atoms with van der Waals surface area (Å²) in [5.74, 6) is 1.67. The van der Waals surface area contributed by atoms with Crippen molar-refractivity contribution in [1.29, 1.82) is 0 Å². The molecule has 178 valence electrons. The van der Waals surface area contributed by atoms with Crippen LogP contribution in [0.5, 0.6) is 0 Å². The van der Waals surface area contributed by atoms with Crippen molar-refractivity contribution in [2.75, 3.05) is 0 Å². The first-order valence-electron chi connectivity index (χ1n) is 12.8. The molecule has 0 aromatic heterocycles. The Balaban J connectivity index is 0.00000342. The molecule has 1 saturated carbocycles. The van der Waals surface area contributed by atoms with E-state index in [-0.39, 0.29) is 19.0 Å². The van der Waals surface area contributed by atoms with Crippen LogP contribution in [-0.4, -0.2) is 5.78 Å². The third kappa shape index (κ3) is 5.76. The highest BCUT2D eigenvalue weighted by atomic mass is 16.1. The van der Waals surface area contributed by atoms with Gasteiger partial charge in [0.2, 0.25) is 0 Å². The molecule has 0 saturated heterocycles. The van der Waals surface area contributed by atoms with E-state index < -0.39 is 0 Å². The molecule has 0 amide bonds.